The predicted molar refractivity (Wildman–Crippen MR) is 135 cm³/mol. The Morgan fingerprint density at radius 1 is 1.16 bits per heavy atom. The summed E-state index contributed by atoms with van der Waals surface area (Å²) in [4.78, 5) is 25.3. The van der Waals surface area contributed by atoms with Gasteiger partial charge in [0.05, 0.1) is 24.8 Å². The van der Waals surface area contributed by atoms with Crippen molar-refractivity contribution in [2.75, 3.05) is 7.11 Å². The van der Waals surface area contributed by atoms with Crippen molar-refractivity contribution in [1.29, 1.82) is 0 Å². The summed E-state index contributed by atoms with van der Waals surface area (Å²) >= 11 is 6.09. The zero-order valence-corrected chi connectivity index (χ0v) is 20.9. The van der Waals surface area contributed by atoms with E-state index < -0.39 is 6.10 Å². The Morgan fingerprint density at radius 3 is 2.74 bits per heavy atom. The molecule has 0 saturated carbocycles. The molecule has 194 valence electrons. The normalized spacial score (nSPS) is 14.5. The monoisotopic (exact) mass is 535 g/mol. The topological polar surface area (TPSA) is 133 Å². The van der Waals surface area contributed by atoms with E-state index >= 15 is 0 Å². The number of methoxy groups -OCH3 is 1. The molecule has 10 nitrogen and oxygen atoms in total. The molecule has 0 spiro atoms. The van der Waals surface area contributed by atoms with E-state index in [0.29, 0.717) is 27.6 Å². The first kappa shape index (κ1) is 25.1. The number of aromatic hydroxyl groups is 2. The van der Waals surface area contributed by atoms with Crippen molar-refractivity contribution in [2.24, 2.45) is 0 Å². The zero-order chi connectivity index (χ0) is 26.8. The molecule has 2 N–H and O–H groups in total. The maximum absolute atomic E-state index is 12.8. The van der Waals surface area contributed by atoms with Crippen molar-refractivity contribution in [1.82, 2.24) is 15.0 Å². The zero-order valence-electron chi connectivity index (χ0n) is 20.1. The fourth-order valence-electron chi connectivity index (χ4n) is 4.15. The number of rotatable bonds is 8. The molecule has 1 aromatic heterocycles. The average Bonchev–Trinajstić information content (AvgIpc) is 3.34. The van der Waals surface area contributed by atoms with Gasteiger partial charge in [-0.2, -0.15) is 0 Å². The lowest BCUT2D eigenvalue weighted by molar-refractivity contribution is 0.0843. The molecule has 0 aliphatic carbocycles. The SMILES string of the molecule is COc1ccc([C@@H]2CC(=O)c3c(O)cc(OCc4cn(CC(=O)c5ccccc5Cl)nn4)cc3O2)cc1O. The minimum atomic E-state index is -0.669. The van der Waals surface area contributed by atoms with Crippen LogP contribution >= 0.6 is 11.6 Å². The van der Waals surface area contributed by atoms with E-state index in [1.54, 1.807) is 42.6 Å². The molecular formula is C27H22ClN3O7. The summed E-state index contributed by atoms with van der Waals surface area (Å²) < 4.78 is 18.2. The molecule has 0 radical (unpaired) electrons. The van der Waals surface area contributed by atoms with E-state index in [0.717, 1.165) is 0 Å². The first-order chi connectivity index (χ1) is 18.3. The number of phenolic OH excluding ortho intramolecular Hbond substituents is 2. The van der Waals surface area contributed by atoms with Gasteiger partial charge in [-0.3, -0.25) is 9.59 Å². The highest BCUT2D eigenvalue weighted by molar-refractivity contribution is 6.33. The van der Waals surface area contributed by atoms with Gasteiger partial charge in [0.1, 0.15) is 47.8 Å². The molecular weight excluding hydrogens is 514 g/mol. The summed E-state index contributed by atoms with van der Waals surface area (Å²) in [7, 11) is 1.44. The Balaban J connectivity index is 1.28. The average molecular weight is 536 g/mol. The number of ketones is 2. The molecule has 0 fully saturated rings. The van der Waals surface area contributed by atoms with Crippen molar-refractivity contribution in [2.45, 2.75) is 25.7 Å². The van der Waals surface area contributed by atoms with Crippen molar-refractivity contribution in [3.8, 4) is 28.7 Å². The Morgan fingerprint density at radius 2 is 1.97 bits per heavy atom. The molecule has 1 aliphatic rings. The van der Waals surface area contributed by atoms with Gasteiger partial charge in [-0.15, -0.1) is 5.10 Å². The fourth-order valence-corrected chi connectivity index (χ4v) is 4.39. The van der Waals surface area contributed by atoms with Crippen LogP contribution in [0.1, 0.15) is 44.5 Å². The third-order valence-electron chi connectivity index (χ3n) is 6.00. The van der Waals surface area contributed by atoms with Gasteiger partial charge in [0.15, 0.2) is 23.1 Å². The summed E-state index contributed by atoms with van der Waals surface area (Å²) in [6, 6.07) is 14.3. The quantitative estimate of drug-likeness (QED) is 0.312. The second-order valence-electron chi connectivity index (χ2n) is 8.58. The highest BCUT2D eigenvalue weighted by Crippen LogP contribution is 2.43. The minimum absolute atomic E-state index is 0.0114. The van der Waals surface area contributed by atoms with E-state index in [2.05, 4.69) is 10.3 Å². The Labute approximate surface area is 222 Å². The van der Waals surface area contributed by atoms with Gasteiger partial charge < -0.3 is 24.4 Å². The van der Waals surface area contributed by atoms with Gasteiger partial charge in [-0.25, -0.2) is 4.68 Å². The highest BCUT2D eigenvalue weighted by atomic mass is 35.5. The number of ether oxygens (including phenoxy) is 3. The smallest absolute Gasteiger partial charge is 0.185 e. The molecule has 5 rings (SSSR count). The van der Waals surface area contributed by atoms with Crippen LogP contribution in [0.4, 0.5) is 0 Å². The van der Waals surface area contributed by atoms with Crippen molar-refractivity contribution < 1.29 is 34.0 Å². The first-order valence-electron chi connectivity index (χ1n) is 11.6. The number of aromatic nitrogens is 3. The molecule has 4 aromatic rings. The summed E-state index contributed by atoms with van der Waals surface area (Å²) in [5.74, 6) is -0.161. The van der Waals surface area contributed by atoms with E-state index in [-0.39, 0.29) is 59.7 Å². The number of hydrogen-bond acceptors (Lipinski definition) is 9. The largest absolute Gasteiger partial charge is 0.507 e. The van der Waals surface area contributed by atoms with Gasteiger partial charge in [0, 0.05) is 17.7 Å². The van der Waals surface area contributed by atoms with Crippen LogP contribution in [0, 0.1) is 0 Å². The number of phenols is 2. The van der Waals surface area contributed by atoms with Crippen molar-refractivity contribution >= 4 is 23.2 Å². The van der Waals surface area contributed by atoms with Crippen LogP contribution in [0.25, 0.3) is 0 Å². The number of hydrogen-bond donors (Lipinski definition) is 2. The molecule has 3 aromatic carbocycles. The minimum Gasteiger partial charge on any atom is -0.507 e. The lowest BCUT2D eigenvalue weighted by Crippen LogP contribution is -2.20. The van der Waals surface area contributed by atoms with Gasteiger partial charge in [0.2, 0.25) is 0 Å². The van der Waals surface area contributed by atoms with Gasteiger partial charge in [-0.1, -0.05) is 35.0 Å². The number of nitrogens with zero attached hydrogens (tertiary/aromatic N) is 3. The maximum atomic E-state index is 12.8. The standard InChI is InChI=1S/C27H22ClN3O7/c1-36-24-7-6-15(8-20(24)32)25-11-22(34)27-21(33)9-17(10-26(27)38-25)37-14-16-12-31(30-29-16)13-23(35)18-4-2-3-5-19(18)28/h2-10,12,25,32-33H,11,13-14H2,1H3/t25-/m0/s1. The summed E-state index contributed by atoms with van der Waals surface area (Å²) in [5, 5.41) is 28.9. The van der Waals surface area contributed by atoms with Crippen molar-refractivity contribution in [3.05, 3.63) is 88.2 Å². The van der Waals surface area contributed by atoms with Gasteiger partial charge in [-0.05, 0) is 29.8 Å². The molecule has 0 saturated heterocycles. The molecule has 11 heteroatoms. The van der Waals surface area contributed by atoms with E-state index in [1.807, 2.05) is 0 Å². The Kier molecular flexibility index (Phi) is 6.89. The number of fused-ring (bicyclic) bond motifs is 1. The van der Waals surface area contributed by atoms with Crippen LogP contribution in [-0.2, 0) is 13.2 Å². The number of benzene rings is 3. The second-order valence-corrected chi connectivity index (χ2v) is 8.99. The molecule has 0 bridgehead atoms. The number of halogens is 1. The predicted octanol–water partition coefficient (Wildman–Crippen LogP) is 4.52. The lowest BCUT2D eigenvalue weighted by Gasteiger charge is -2.26. The summed E-state index contributed by atoms with van der Waals surface area (Å²) in [5.41, 5.74) is 1.48. The van der Waals surface area contributed by atoms with Crippen LogP contribution < -0.4 is 14.2 Å². The highest BCUT2D eigenvalue weighted by Gasteiger charge is 2.31. The maximum Gasteiger partial charge on any atom is 0.185 e. The van der Waals surface area contributed by atoms with Gasteiger partial charge >= 0.3 is 0 Å². The Bertz CT molecular complexity index is 1540. The first-order valence-corrected chi connectivity index (χ1v) is 11.9. The van der Waals surface area contributed by atoms with Crippen LogP contribution in [-0.4, -0.2) is 43.9 Å². The van der Waals surface area contributed by atoms with Crippen LogP contribution in [0.2, 0.25) is 5.02 Å². The number of carbonyl (C=O) groups excluding carboxylic acids is 2. The molecule has 0 amide bonds. The molecule has 1 aliphatic heterocycles. The van der Waals surface area contributed by atoms with E-state index in [9.17, 15) is 19.8 Å². The number of Topliss-reactive ketones (excluding diaryl/α,β-unsaturated/α-hetero) is 2. The fraction of sp³-hybridized carbons (Fsp3) is 0.185. The van der Waals surface area contributed by atoms with Crippen LogP contribution in [0.5, 0.6) is 28.7 Å². The molecule has 0 unspecified atom stereocenters. The Hall–Kier alpha value is -4.57. The van der Waals surface area contributed by atoms with Gasteiger partial charge in [0.25, 0.3) is 0 Å². The summed E-state index contributed by atoms with van der Waals surface area (Å²) in [6.07, 6.45) is 0.888. The third-order valence-corrected chi connectivity index (χ3v) is 6.33. The second kappa shape index (κ2) is 10.4. The number of carbonyl (C=O) groups is 2. The molecule has 1 atom stereocenters. The lowest BCUT2D eigenvalue weighted by atomic mass is 9.95. The van der Waals surface area contributed by atoms with Crippen LogP contribution in [0.3, 0.4) is 0 Å². The van der Waals surface area contributed by atoms with E-state index in [1.165, 1.54) is 30.0 Å². The third kappa shape index (κ3) is 5.12. The van der Waals surface area contributed by atoms with Crippen LogP contribution in [0.15, 0.2) is 60.8 Å². The van der Waals surface area contributed by atoms with E-state index in [4.69, 9.17) is 25.8 Å². The molecule has 2 heterocycles. The summed E-state index contributed by atoms with van der Waals surface area (Å²) in [6.45, 7) is -0.0587. The van der Waals surface area contributed by atoms with Crippen molar-refractivity contribution in [3.63, 3.8) is 0 Å². The molecule has 38 heavy (non-hydrogen) atoms.